The van der Waals surface area contributed by atoms with E-state index in [-0.39, 0.29) is 17.1 Å². The standard InChI is InChI=1S/C29H31ClN2O2/c1-29(2,3)24-10-6-5-8-19(24)9-7-11-25-28(34)32(4)26-17-14-21(30)18-23(26)27(31-25)20-12-15-22(33)16-13-20/h5-6,8,10,12-18,25,33H,7,9,11H2,1-4H3. The normalized spacial score (nSPS) is 16.1. The van der Waals surface area contributed by atoms with E-state index in [4.69, 9.17) is 16.6 Å². The number of phenols is 1. The van der Waals surface area contributed by atoms with Gasteiger partial charge in [0, 0.05) is 23.2 Å². The molecule has 4 nitrogen and oxygen atoms in total. The van der Waals surface area contributed by atoms with Crippen LogP contribution in [-0.4, -0.2) is 29.8 Å². The minimum absolute atomic E-state index is 0.0264. The molecule has 1 amide bonds. The maximum absolute atomic E-state index is 13.4. The van der Waals surface area contributed by atoms with E-state index in [9.17, 15) is 9.90 Å². The number of fused-ring (bicyclic) bond motifs is 1. The highest BCUT2D eigenvalue weighted by Crippen LogP contribution is 2.32. The number of aryl methyl sites for hydroxylation is 1. The molecule has 34 heavy (non-hydrogen) atoms. The molecule has 0 saturated heterocycles. The Labute approximate surface area is 206 Å². The van der Waals surface area contributed by atoms with Crippen LogP contribution >= 0.6 is 11.6 Å². The van der Waals surface area contributed by atoms with Gasteiger partial charge in [-0.1, -0.05) is 56.6 Å². The number of hydrogen-bond donors (Lipinski definition) is 1. The molecular formula is C29H31ClN2O2. The molecule has 3 aromatic rings. The molecular weight excluding hydrogens is 444 g/mol. The van der Waals surface area contributed by atoms with Crippen molar-refractivity contribution in [3.05, 3.63) is 94.0 Å². The van der Waals surface area contributed by atoms with Gasteiger partial charge in [0.05, 0.1) is 11.4 Å². The summed E-state index contributed by atoms with van der Waals surface area (Å²) in [5.41, 5.74) is 5.89. The van der Waals surface area contributed by atoms with E-state index in [2.05, 4.69) is 45.0 Å². The van der Waals surface area contributed by atoms with Crippen LogP contribution in [0.2, 0.25) is 5.02 Å². The molecule has 5 heteroatoms. The summed E-state index contributed by atoms with van der Waals surface area (Å²) < 4.78 is 0. The first kappa shape index (κ1) is 24.0. The van der Waals surface area contributed by atoms with Crippen LogP contribution in [0.5, 0.6) is 5.75 Å². The average molecular weight is 475 g/mol. The first-order chi connectivity index (χ1) is 16.1. The summed E-state index contributed by atoms with van der Waals surface area (Å²) in [5.74, 6) is 0.160. The van der Waals surface area contributed by atoms with Gasteiger partial charge in [0.1, 0.15) is 11.8 Å². The van der Waals surface area contributed by atoms with E-state index in [0.717, 1.165) is 35.4 Å². The fourth-order valence-electron chi connectivity index (χ4n) is 4.61. The van der Waals surface area contributed by atoms with Gasteiger partial charge in [-0.25, -0.2) is 0 Å². The van der Waals surface area contributed by atoms with Gasteiger partial charge in [0.25, 0.3) is 5.91 Å². The summed E-state index contributed by atoms with van der Waals surface area (Å²) in [7, 11) is 1.80. The van der Waals surface area contributed by atoms with Gasteiger partial charge in [-0.05, 0) is 78.3 Å². The molecule has 0 radical (unpaired) electrons. The highest BCUT2D eigenvalue weighted by atomic mass is 35.5. The zero-order valence-corrected chi connectivity index (χ0v) is 20.9. The van der Waals surface area contributed by atoms with Gasteiger partial charge in [-0.2, -0.15) is 0 Å². The van der Waals surface area contributed by atoms with Crippen molar-refractivity contribution in [3.63, 3.8) is 0 Å². The molecule has 1 aliphatic heterocycles. The number of aliphatic imine (C=N–C) groups is 1. The number of nitrogens with zero attached hydrogens (tertiary/aromatic N) is 2. The van der Waals surface area contributed by atoms with Crippen molar-refractivity contribution < 1.29 is 9.90 Å². The number of aromatic hydroxyl groups is 1. The number of benzodiazepines with no additional fused rings is 1. The molecule has 0 saturated carbocycles. The topological polar surface area (TPSA) is 52.9 Å². The number of rotatable bonds is 5. The fraction of sp³-hybridized carbons (Fsp3) is 0.310. The molecule has 176 valence electrons. The van der Waals surface area contributed by atoms with Crippen LogP contribution in [-0.2, 0) is 16.6 Å². The van der Waals surface area contributed by atoms with Crippen LogP contribution in [0.4, 0.5) is 5.69 Å². The average Bonchev–Trinajstić information content (AvgIpc) is 2.89. The third kappa shape index (κ3) is 5.02. The molecule has 0 aromatic heterocycles. The van der Waals surface area contributed by atoms with E-state index < -0.39 is 6.04 Å². The molecule has 3 aromatic carbocycles. The maximum Gasteiger partial charge on any atom is 0.251 e. The number of carbonyl (C=O) groups is 1. The Morgan fingerprint density at radius 1 is 1.03 bits per heavy atom. The van der Waals surface area contributed by atoms with E-state index >= 15 is 0 Å². The Morgan fingerprint density at radius 3 is 2.44 bits per heavy atom. The molecule has 1 unspecified atom stereocenters. The first-order valence-corrected chi connectivity index (χ1v) is 12.1. The number of amides is 1. The number of likely N-dealkylation sites (N-methyl/N-ethyl adjacent to an activating group) is 1. The van der Waals surface area contributed by atoms with Crippen LogP contribution in [0, 0.1) is 0 Å². The van der Waals surface area contributed by atoms with Crippen molar-refractivity contribution in [2.45, 2.75) is 51.5 Å². The van der Waals surface area contributed by atoms with Gasteiger partial charge >= 0.3 is 0 Å². The Hall–Kier alpha value is -3.11. The summed E-state index contributed by atoms with van der Waals surface area (Å²) in [6, 6.07) is 20.5. The number of hydrogen-bond acceptors (Lipinski definition) is 3. The number of anilines is 1. The zero-order valence-electron chi connectivity index (χ0n) is 20.2. The number of halogens is 1. The quantitative estimate of drug-likeness (QED) is 0.456. The minimum Gasteiger partial charge on any atom is -0.508 e. The van der Waals surface area contributed by atoms with Crippen molar-refractivity contribution in [1.29, 1.82) is 0 Å². The van der Waals surface area contributed by atoms with Crippen LogP contribution < -0.4 is 4.90 Å². The van der Waals surface area contributed by atoms with E-state index in [1.165, 1.54) is 11.1 Å². The van der Waals surface area contributed by atoms with Gasteiger partial charge in [-0.15, -0.1) is 0 Å². The van der Waals surface area contributed by atoms with Gasteiger partial charge in [0.15, 0.2) is 0 Å². The lowest BCUT2D eigenvalue weighted by atomic mass is 9.82. The Balaban J connectivity index is 1.66. The van der Waals surface area contributed by atoms with Crippen molar-refractivity contribution in [3.8, 4) is 5.75 Å². The number of benzene rings is 3. The highest BCUT2D eigenvalue weighted by Gasteiger charge is 2.30. The molecule has 0 aliphatic carbocycles. The van der Waals surface area contributed by atoms with Crippen molar-refractivity contribution in [2.75, 3.05) is 11.9 Å². The van der Waals surface area contributed by atoms with E-state index in [1.54, 1.807) is 30.1 Å². The second kappa shape index (κ2) is 9.63. The molecule has 1 N–H and O–H groups in total. The zero-order chi connectivity index (χ0) is 24.5. The molecule has 0 fully saturated rings. The second-order valence-corrected chi connectivity index (χ2v) is 10.3. The lowest BCUT2D eigenvalue weighted by Crippen LogP contribution is -2.34. The maximum atomic E-state index is 13.4. The lowest BCUT2D eigenvalue weighted by molar-refractivity contribution is -0.119. The third-order valence-corrected chi connectivity index (χ3v) is 6.60. The van der Waals surface area contributed by atoms with Crippen molar-refractivity contribution in [2.24, 2.45) is 4.99 Å². The smallest absolute Gasteiger partial charge is 0.251 e. The summed E-state index contributed by atoms with van der Waals surface area (Å²) in [5, 5.41) is 10.4. The molecule has 0 spiro atoms. The second-order valence-electron chi connectivity index (χ2n) is 9.90. The summed E-state index contributed by atoms with van der Waals surface area (Å²) >= 11 is 6.33. The lowest BCUT2D eigenvalue weighted by Gasteiger charge is -2.23. The number of phenolic OH excluding ortho intramolecular Hbond substituents is 1. The molecule has 1 heterocycles. The number of carbonyl (C=O) groups excluding carboxylic acids is 1. The highest BCUT2D eigenvalue weighted by molar-refractivity contribution is 6.32. The molecule has 1 aliphatic rings. The van der Waals surface area contributed by atoms with Gasteiger partial charge < -0.3 is 10.0 Å². The molecule has 0 bridgehead atoms. The van der Waals surface area contributed by atoms with E-state index in [0.29, 0.717) is 11.4 Å². The summed E-state index contributed by atoms with van der Waals surface area (Å²) in [6.45, 7) is 6.69. The Morgan fingerprint density at radius 2 is 1.74 bits per heavy atom. The predicted octanol–water partition coefficient (Wildman–Crippen LogP) is 6.55. The van der Waals surface area contributed by atoms with Crippen molar-refractivity contribution in [1.82, 2.24) is 0 Å². The SMILES string of the molecule is CN1C(=O)C(CCCc2ccccc2C(C)(C)C)N=C(c2ccc(O)cc2)c2cc(Cl)ccc21. The Bertz CT molecular complexity index is 1230. The summed E-state index contributed by atoms with van der Waals surface area (Å²) in [4.78, 5) is 20.1. The predicted molar refractivity (Wildman–Crippen MR) is 140 cm³/mol. The van der Waals surface area contributed by atoms with Crippen LogP contribution in [0.3, 0.4) is 0 Å². The largest absolute Gasteiger partial charge is 0.508 e. The summed E-state index contributed by atoms with van der Waals surface area (Å²) in [6.07, 6.45) is 2.38. The first-order valence-electron chi connectivity index (χ1n) is 11.7. The molecule has 4 rings (SSSR count). The minimum atomic E-state index is -0.498. The van der Waals surface area contributed by atoms with E-state index in [1.807, 2.05) is 24.3 Å². The monoisotopic (exact) mass is 474 g/mol. The fourth-order valence-corrected chi connectivity index (χ4v) is 4.78. The van der Waals surface area contributed by atoms with Crippen LogP contribution in [0.25, 0.3) is 0 Å². The van der Waals surface area contributed by atoms with Gasteiger partial charge in [-0.3, -0.25) is 9.79 Å². The van der Waals surface area contributed by atoms with Crippen LogP contribution in [0.15, 0.2) is 71.7 Å². The Kier molecular flexibility index (Phi) is 6.81. The van der Waals surface area contributed by atoms with Gasteiger partial charge in [0.2, 0.25) is 0 Å². The molecule has 1 atom stereocenters. The third-order valence-electron chi connectivity index (χ3n) is 6.37. The van der Waals surface area contributed by atoms with Crippen LogP contribution in [0.1, 0.15) is 55.9 Å². The van der Waals surface area contributed by atoms with Crippen molar-refractivity contribution >= 4 is 28.9 Å².